The first-order valence-corrected chi connectivity index (χ1v) is 5.58. The molecule has 0 aliphatic rings. The molecule has 0 radical (unpaired) electrons. The normalized spacial score (nSPS) is 10.3. The number of furan rings is 1. The van der Waals surface area contributed by atoms with Gasteiger partial charge in [-0.25, -0.2) is 4.79 Å². The van der Waals surface area contributed by atoms with Crippen LogP contribution < -0.4 is 4.74 Å². The van der Waals surface area contributed by atoms with Crippen LogP contribution in [0, 0.1) is 13.8 Å². The van der Waals surface area contributed by atoms with Gasteiger partial charge in [0.15, 0.2) is 0 Å². The lowest BCUT2D eigenvalue weighted by molar-refractivity contribution is 0.0661. The van der Waals surface area contributed by atoms with Gasteiger partial charge in [0.05, 0.1) is 0 Å². The molecule has 0 aliphatic carbocycles. The highest BCUT2D eigenvalue weighted by Crippen LogP contribution is 2.18. The van der Waals surface area contributed by atoms with Crippen molar-refractivity contribution in [2.45, 2.75) is 20.5 Å². The van der Waals surface area contributed by atoms with Gasteiger partial charge in [-0.2, -0.15) is 0 Å². The van der Waals surface area contributed by atoms with Crippen LogP contribution >= 0.6 is 0 Å². The van der Waals surface area contributed by atoms with E-state index >= 15 is 0 Å². The van der Waals surface area contributed by atoms with Crippen LogP contribution in [0.2, 0.25) is 0 Å². The summed E-state index contributed by atoms with van der Waals surface area (Å²) < 4.78 is 10.7. The Morgan fingerprint density at radius 2 is 1.94 bits per heavy atom. The fourth-order valence-corrected chi connectivity index (χ4v) is 1.56. The Labute approximate surface area is 105 Å². The summed E-state index contributed by atoms with van der Waals surface area (Å²) in [5.74, 6) is 0.187. The lowest BCUT2D eigenvalue weighted by atomic mass is 10.2. The monoisotopic (exact) mass is 246 g/mol. The van der Waals surface area contributed by atoms with Gasteiger partial charge in [0.2, 0.25) is 5.76 Å². The van der Waals surface area contributed by atoms with E-state index in [2.05, 4.69) is 0 Å². The summed E-state index contributed by atoms with van der Waals surface area (Å²) in [5.41, 5.74) is 1.91. The molecule has 2 rings (SSSR count). The maximum atomic E-state index is 10.7. The molecule has 4 nitrogen and oxygen atoms in total. The number of carboxylic acids is 1. The van der Waals surface area contributed by atoms with E-state index in [0.29, 0.717) is 12.4 Å². The number of ether oxygens (including phenoxy) is 1. The average molecular weight is 246 g/mol. The molecule has 0 bridgehead atoms. The van der Waals surface area contributed by atoms with E-state index in [1.807, 2.05) is 31.2 Å². The molecule has 0 amide bonds. The van der Waals surface area contributed by atoms with Crippen LogP contribution in [0.1, 0.15) is 27.4 Å². The predicted molar refractivity (Wildman–Crippen MR) is 65.9 cm³/mol. The van der Waals surface area contributed by atoms with Crippen LogP contribution in [0.4, 0.5) is 0 Å². The van der Waals surface area contributed by atoms with Gasteiger partial charge < -0.3 is 14.3 Å². The number of carbonyl (C=O) groups is 1. The Morgan fingerprint density at radius 1 is 1.28 bits per heavy atom. The van der Waals surface area contributed by atoms with Crippen LogP contribution in [-0.4, -0.2) is 11.1 Å². The summed E-state index contributed by atoms with van der Waals surface area (Å²) in [5, 5.41) is 8.80. The van der Waals surface area contributed by atoms with Crippen LogP contribution in [0.5, 0.6) is 5.75 Å². The van der Waals surface area contributed by atoms with Crippen molar-refractivity contribution in [2.24, 2.45) is 0 Å². The Bertz CT molecular complexity index is 552. The van der Waals surface area contributed by atoms with E-state index < -0.39 is 5.97 Å². The average Bonchev–Trinajstić information content (AvgIpc) is 2.70. The van der Waals surface area contributed by atoms with Gasteiger partial charge >= 0.3 is 5.97 Å². The quantitative estimate of drug-likeness (QED) is 0.900. The van der Waals surface area contributed by atoms with Gasteiger partial charge in [-0.1, -0.05) is 17.7 Å². The minimum atomic E-state index is -1.07. The van der Waals surface area contributed by atoms with Crippen LogP contribution in [-0.2, 0) is 6.61 Å². The Kier molecular flexibility index (Phi) is 3.37. The zero-order valence-electron chi connectivity index (χ0n) is 10.3. The van der Waals surface area contributed by atoms with Crippen molar-refractivity contribution in [2.75, 3.05) is 0 Å². The molecule has 4 heteroatoms. The molecule has 1 aromatic heterocycles. The third kappa shape index (κ3) is 2.71. The third-order valence-electron chi connectivity index (χ3n) is 2.65. The van der Waals surface area contributed by atoms with Crippen molar-refractivity contribution in [3.63, 3.8) is 0 Å². The van der Waals surface area contributed by atoms with Gasteiger partial charge in [-0.05, 0) is 32.0 Å². The van der Waals surface area contributed by atoms with Crippen molar-refractivity contribution in [1.82, 2.24) is 0 Å². The molecule has 0 saturated carbocycles. The van der Waals surface area contributed by atoms with E-state index in [1.54, 1.807) is 6.92 Å². The Morgan fingerprint density at radius 3 is 2.50 bits per heavy atom. The molecule has 0 unspecified atom stereocenters. The highest BCUT2D eigenvalue weighted by atomic mass is 16.5. The minimum absolute atomic E-state index is 0.0602. The summed E-state index contributed by atoms with van der Waals surface area (Å²) in [6.45, 7) is 4.02. The molecule has 1 aromatic carbocycles. The van der Waals surface area contributed by atoms with E-state index in [0.717, 1.165) is 16.9 Å². The van der Waals surface area contributed by atoms with Crippen molar-refractivity contribution in [3.8, 4) is 5.75 Å². The third-order valence-corrected chi connectivity index (χ3v) is 2.65. The maximum Gasteiger partial charge on any atom is 0.371 e. The first kappa shape index (κ1) is 12.2. The first-order chi connectivity index (χ1) is 8.56. The summed E-state index contributed by atoms with van der Waals surface area (Å²) >= 11 is 0. The van der Waals surface area contributed by atoms with Gasteiger partial charge in [-0.3, -0.25) is 0 Å². The highest BCUT2D eigenvalue weighted by molar-refractivity contribution is 5.84. The van der Waals surface area contributed by atoms with Crippen LogP contribution in [0.3, 0.4) is 0 Å². The van der Waals surface area contributed by atoms with Gasteiger partial charge in [0.25, 0.3) is 0 Å². The lowest BCUT2D eigenvalue weighted by Gasteiger charge is -2.05. The molecule has 0 aliphatic heterocycles. The molecular weight excluding hydrogens is 232 g/mol. The molecule has 18 heavy (non-hydrogen) atoms. The molecule has 0 spiro atoms. The fourth-order valence-electron chi connectivity index (χ4n) is 1.56. The zero-order chi connectivity index (χ0) is 13.1. The largest absolute Gasteiger partial charge is 0.489 e. The topological polar surface area (TPSA) is 59.7 Å². The predicted octanol–water partition coefficient (Wildman–Crippen LogP) is 3.17. The molecular formula is C14H14O4. The number of aryl methyl sites for hydroxylation is 2. The zero-order valence-corrected chi connectivity index (χ0v) is 10.3. The Hall–Kier alpha value is -2.23. The molecule has 1 N–H and O–H groups in total. The second kappa shape index (κ2) is 4.96. The molecule has 0 fully saturated rings. The number of rotatable bonds is 4. The maximum absolute atomic E-state index is 10.7. The van der Waals surface area contributed by atoms with Crippen LogP contribution in [0.25, 0.3) is 0 Å². The first-order valence-electron chi connectivity index (χ1n) is 5.58. The summed E-state index contributed by atoms with van der Waals surface area (Å²) in [6.07, 6.45) is 0. The van der Waals surface area contributed by atoms with Crippen molar-refractivity contribution < 1.29 is 19.1 Å². The van der Waals surface area contributed by atoms with Gasteiger partial charge in [0, 0.05) is 5.56 Å². The van der Waals surface area contributed by atoms with Crippen molar-refractivity contribution in [3.05, 3.63) is 53.0 Å². The number of hydrogen-bond donors (Lipinski definition) is 1. The van der Waals surface area contributed by atoms with Crippen LogP contribution in [0.15, 0.2) is 34.7 Å². The molecule has 0 saturated heterocycles. The summed E-state index contributed by atoms with van der Waals surface area (Å²) in [7, 11) is 0. The number of benzene rings is 1. The number of aromatic carboxylic acids is 1. The number of carboxylic acid groups (broad SMARTS) is 1. The fraction of sp³-hybridized carbons (Fsp3) is 0.214. The highest BCUT2D eigenvalue weighted by Gasteiger charge is 2.13. The van der Waals surface area contributed by atoms with Crippen molar-refractivity contribution >= 4 is 5.97 Å². The molecule has 94 valence electrons. The van der Waals surface area contributed by atoms with E-state index in [-0.39, 0.29) is 5.76 Å². The van der Waals surface area contributed by atoms with Gasteiger partial charge in [0.1, 0.15) is 18.1 Å². The number of hydrogen-bond acceptors (Lipinski definition) is 3. The van der Waals surface area contributed by atoms with E-state index in [4.69, 9.17) is 14.3 Å². The molecule has 0 atom stereocenters. The summed E-state index contributed by atoms with van der Waals surface area (Å²) in [4.78, 5) is 10.7. The van der Waals surface area contributed by atoms with Crippen molar-refractivity contribution in [1.29, 1.82) is 0 Å². The summed E-state index contributed by atoms with van der Waals surface area (Å²) in [6, 6.07) is 9.16. The second-order valence-electron chi connectivity index (χ2n) is 4.10. The SMILES string of the molecule is Cc1ccc(OCc2cc(C(=O)O)oc2C)cc1. The molecule has 1 heterocycles. The minimum Gasteiger partial charge on any atom is -0.489 e. The van der Waals surface area contributed by atoms with E-state index in [9.17, 15) is 4.79 Å². The lowest BCUT2D eigenvalue weighted by Crippen LogP contribution is -1.96. The van der Waals surface area contributed by atoms with E-state index in [1.165, 1.54) is 6.07 Å². The molecule has 2 aromatic rings. The smallest absolute Gasteiger partial charge is 0.371 e. The standard InChI is InChI=1S/C14H14O4/c1-9-3-5-12(6-4-9)17-8-11-7-13(14(15)16)18-10(11)2/h3-7H,8H2,1-2H3,(H,15,16). The second-order valence-corrected chi connectivity index (χ2v) is 4.10. The Balaban J connectivity index is 2.06. The van der Waals surface area contributed by atoms with Gasteiger partial charge in [-0.15, -0.1) is 0 Å².